The molecular formula is C21H20N2O3S. The summed E-state index contributed by atoms with van der Waals surface area (Å²) in [4.78, 5) is 27.1. The normalized spacial score (nSPS) is 12.2. The third kappa shape index (κ3) is 4.74. The van der Waals surface area contributed by atoms with E-state index < -0.39 is 0 Å². The van der Waals surface area contributed by atoms with Gasteiger partial charge in [-0.1, -0.05) is 43.3 Å². The molecule has 5 nitrogen and oxygen atoms in total. The number of aromatic nitrogens is 1. The van der Waals surface area contributed by atoms with E-state index in [1.807, 2.05) is 42.5 Å². The highest BCUT2D eigenvalue weighted by Gasteiger charge is 2.05. The summed E-state index contributed by atoms with van der Waals surface area (Å²) in [5.41, 5.74) is 2.55. The molecule has 0 unspecified atom stereocenters. The van der Waals surface area contributed by atoms with Crippen LogP contribution in [0.4, 0.5) is 5.69 Å². The molecule has 0 aliphatic heterocycles. The highest BCUT2D eigenvalue weighted by molar-refractivity contribution is 7.07. The van der Waals surface area contributed by atoms with Gasteiger partial charge in [-0.3, -0.25) is 9.59 Å². The number of carbonyl (C=O) groups is 1. The van der Waals surface area contributed by atoms with E-state index in [2.05, 4.69) is 17.2 Å². The number of hydrogen-bond acceptors (Lipinski definition) is 4. The number of para-hydroxylation sites is 2. The predicted octanol–water partition coefficient (Wildman–Crippen LogP) is 2.26. The van der Waals surface area contributed by atoms with Crippen LogP contribution in [0.15, 0.2) is 53.3 Å². The van der Waals surface area contributed by atoms with E-state index in [9.17, 15) is 9.59 Å². The summed E-state index contributed by atoms with van der Waals surface area (Å²) in [7, 11) is 1.54. The molecule has 0 saturated carbocycles. The first-order valence-corrected chi connectivity index (χ1v) is 9.36. The molecule has 3 aromatic rings. The Morgan fingerprint density at radius 1 is 1.19 bits per heavy atom. The molecule has 6 heteroatoms. The van der Waals surface area contributed by atoms with E-state index >= 15 is 0 Å². The molecule has 1 heterocycles. The third-order valence-corrected chi connectivity index (χ3v) is 4.96. The first-order valence-electron chi connectivity index (χ1n) is 8.54. The molecule has 0 aliphatic carbocycles. The number of aryl methyl sites for hydroxylation is 1. The number of nitrogens with one attached hydrogen (secondary N) is 2. The van der Waals surface area contributed by atoms with Gasteiger partial charge in [0.1, 0.15) is 10.4 Å². The summed E-state index contributed by atoms with van der Waals surface area (Å²) < 4.78 is 6.25. The Bertz CT molecular complexity index is 1110. The zero-order chi connectivity index (χ0) is 19.2. The Morgan fingerprint density at radius 3 is 2.63 bits per heavy atom. The largest absolute Gasteiger partial charge is 0.495 e. The number of hydrogen-bond donors (Lipinski definition) is 2. The molecule has 2 N–H and O–H groups in total. The second-order valence-electron chi connectivity index (χ2n) is 5.86. The van der Waals surface area contributed by atoms with Crippen LogP contribution in [0.25, 0.3) is 12.2 Å². The SMILES string of the molecule is CCc1ccc(/C=c2\s/c(=C\C(=O)Nc3ccccc3OC)[nH]c2=O)cc1. The molecule has 0 spiro atoms. The van der Waals surface area contributed by atoms with E-state index in [1.54, 1.807) is 19.2 Å². The average molecular weight is 380 g/mol. The number of aromatic amines is 1. The van der Waals surface area contributed by atoms with Gasteiger partial charge in [0.15, 0.2) is 0 Å². The summed E-state index contributed by atoms with van der Waals surface area (Å²) in [5, 5.41) is 2.76. The van der Waals surface area contributed by atoms with Crippen LogP contribution >= 0.6 is 11.3 Å². The van der Waals surface area contributed by atoms with Crippen molar-refractivity contribution in [2.75, 3.05) is 12.4 Å². The Hall–Kier alpha value is -3.12. The van der Waals surface area contributed by atoms with Crippen molar-refractivity contribution in [2.24, 2.45) is 0 Å². The van der Waals surface area contributed by atoms with Gasteiger partial charge in [-0.2, -0.15) is 0 Å². The standard InChI is InChI=1S/C21H20N2O3S/c1-3-14-8-10-15(11-9-14)12-18-21(25)23-20(27-18)13-19(24)22-16-6-4-5-7-17(16)26-2/h4-13H,3H2,1-2H3,(H,22,24)(H,23,25)/b18-12-,20-13-. The number of amides is 1. The van der Waals surface area contributed by atoms with Crippen LogP contribution in [0.2, 0.25) is 0 Å². The fourth-order valence-electron chi connectivity index (χ4n) is 2.56. The minimum Gasteiger partial charge on any atom is -0.495 e. The van der Waals surface area contributed by atoms with Gasteiger partial charge in [0.05, 0.1) is 17.3 Å². The van der Waals surface area contributed by atoms with Gasteiger partial charge < -0.3 is 15.0 Å². The molecule has 0 fully saturated rings. The number of H-pyrrole nitrogens is 1. The van der Waals surface area contributed by atoms with E-state index in [-0.39, 0.29) is 11.5 Å². The van der Waals surface area contributed by atoms with Crippen LogP contribution < -0.4 is 24.8 Å². The zero-order valence-corrected chi connectivity index (χ0v) is 15.9. The summed E-state index contributed by atoms with van der Waals surface area (Å²) >= 11 is 1.24. The van der Waals surface area contributed by atoms with Gasteiger partial charge in [0.25, 0.3) is 11.5 Å². The minimum absolute atomic E-state index is 0.212. The molecule has 27 heavy (non-hydrogen) atoms. The topological polar surface area (TPSA) is 71.2 Å². The minimum atomic E-state index is -0.337. The lowest BCUT2D eigenvalue weighted by Gasteiger charge is -2.07. The number of rotatable bonds is 5. The molecular weight excluding hydrogens is 360 g/mol. The summed E-state index contributed by atoms with van der Waals surface area (Å²) in [5.74, 6) is 0.235. The van der Waals surface area contributed by atoms with Crippen molar-refractivity contribution >= 4 is 35.1 Å². The van der Waals surface area contributed by atoms with Crippen molar-refractivity contribution < 1.29 is 9.53 Å². The predicted molar refractivity (Wildman–Crippen MR) is 110 cm³/mol. The van der Waals surface area contributed by atoms with Gasteiger partial charge in [0, 0.05) is 6.08 Å². The number of benzene rings is 2. The Labute approximate surface area is 160 Å². The zero-order valence-electron chi connectivity index (χ0n) is 15.1. The quantitative estimate of drug-likeness (QED) is 0.713. The number of thiazole rings is 1. The van der Waals surface area contributed by atoms with Gasteiger partial charge in [-0.05, 0) is 35.8 Å². The van der Waals surface area contributed by atoms with Gasteiger partial charge in [-0.25, -0.2) is 0 Å². The summed E-state index contributed by atoms with van der Waals surface area (Å²) in [6.45, 7) is 2.10. The Morgan fingerprint density at radius 2 is 1.93 bits per heavy atom. The van der Waals surface area contributed by atoms with Crippen molar-refractivity contribution in [2.45, 2.75) is 13.3 Å². The van der Waals surface area contributed by atoms with Crippen LogP contribution in [-0.4, -0.2) is 18.0 Å². The fourth-order valence-corrected chi connectivity index (χ4v) is 3.45. The van der Waals surface area contributed by atoms with Gasteiger partial charge in [0.2, 0.25) is 0 Å². The Kier molecular flexibility index (Phi) is 5.88. The van der Waals surface area contributed by atoms with E-state index in [1.165, 1.54) is 23.0 Å². The molecule has 0 radical (unpaired) electrons. The second kappa shape index (κ2) is 8.51. The first-order chi connectivity index (χ1) is 13.1. The summed E-state index contributed by atoms with van der Waals surface area (Å²) in [6, 6.07) is 15.2. The maximum absolute atomic E-state index is 12.3. The van der Waals surface area contributed by atoms with Crippen molar-refractivity contribution in [1.82, 2.24) is 4.98 Å². The van der Waals surface area contributed by atoms with Crippen LogP contribution in [-0.2, 0) is 11.2 Å². The molecule has 1 aromatic heterocycles. The lowest BCUT2D eigenvalue weighted by atomic mass is 10.1. The monoisotopic (exact) mass is 380 g/mol. The maximum atomic E-state index is 12.3. The number of carbonyl (C=O) groups excluding carboxylic acids is 1. The van der Waals surface area contributed by atoms with E-state index in [4.69, 9.17) is 4.74 Å². The molecule has 1 amide bonds. The highest BCUT2D eigenvalue weighted by atomic mass is 32.1. The molecule has 0 saturated heterocycles. The number of methoxy groups -OCH3 is 1. The second-order valence-corrected chi connectivity index (χ2v) is 6.94. The molecule has 0 aliphatic rings. The number of ether oxygens (including phenoxy) is 1. The van der Waals surface area contributed by atoms with E-state index in [0.29, 0.717) is 20.6 Å². The molecule has 138 valence electrons. The lowest BCUT2D eigenvalue weighted by Crippen LogP contribution is -2.20. The van der Waals surface area contributed by atoms with Crippen LogP contribution in [0.1, 0.15) is 18.1 Å². The number of anilines is 1. The van der Waals surface area contributed by atoms with Gasteiger partial charge in [-0.15, -0.1) is 11.3 Å². The molecule has 0 atom stereocenters. The van der Waals surface area contributed by atoms with Crippen molar-refractivity contribution in [1.29, 1.82) is 0 Å². The van der Waals surface area contributed by atoms with Crippen molar-refractivity contribution in [3.05, 3.63) is 79.2 Å². The van der Waals surface area contributed by atoms with Crippen molar-refractivity contribution in [3.8, 4) is 5.75 Å². The lowest BCUT2D eigenvalue weighted by molar-refractivity contribution is -0.110. The highest BCUT2D eigenvalue weighted by Crippen LogP contribution is 2.22. The average Bonchev–Trinajstić information content (AvgIpc) is 3.01. The molecule has 0 bridgehead atoms. The fraction of sp³-hybridized carbons (Fsp3) is 0.143. The van der Waals surface area contributed by atoms with Crippen molar-refractivity contribution in [3.63, 3.8) is 0 Å². The summed E-state index contributed by atoms with van der Waals surface area (Å²) in [6.07, 6.45) is 4.16. The maximum Gasteiger partial charge on any atom is 0.266 e. The van der Waals surface area contributed by atoms with Crippen LogP contribution in [0.5, 0.6) is 5.75 Å². The van der Waals surface area contributed by atoms with Crippen LogP contribution in [0.3, 0.4) is 0 Å². The Balaban J connectivity index is 1.85. The smallest absolute Gasteiger partial charge is 0.266 e. The molecule has 2 aromatic carbocycles. The third-order valence-electron chi connectivity index (χ3n) is 3.99. The first kappa shape index (κ1) is 18.7. The van der Waals surface area contributed by atoms with Crippen LogP contribution in [0, 0.1) is 0 Å². The van der Waals surface area contributed by atoms with E-state index in [0.717, 1.165) is 12.0 Å². The molecule has 3 rings (SSSR count). The van der Waals surface area contributed by atoms with Gasteiger partial charge >= 0.3 is 0 Å².